The van der Waals surface area contributed by atoms with Gasteiger partial charge in [-0.3, -0.25) is 4.79 Å². The molecule has 0 saturated carbocycles. The van der Waals surface area contributed by atoms with Gasteiger partial charge >= 0.3 is 0 Å². The maximum Gasteiger partial charge on any atom is 0.221 e. The quantitative estimate of drug-likeness (QED) is 0.818. The van der Waals surface area contributed by atoms with E-state index in [1.165, 1.54) is 13.2 Å². The minimum Gasteiger partial charge on any atom is -0.494 e. The molecule has 2 N–H and O–H groups in total. The van der Waals surface area contributed by atoms with Gasteiger partial charge in [0.1, 0.15) is 0 Å². The predicted molar refractivity (Wildman–Crippen MR) is 69.3 cm³/mol. The number of carbonyl (C=O) groups is 1. The zero-order valence-corrected chi connectivity index (χ0v) is 10.9. The van der Waals surface area contributed by atoms with Crippen molar-refractivity contribution < 1.29 is 13.9 Å². The number of halogens is 1. The van der Waals surface area contributed by atoms with Crippen molar-refractivity contribution in [3.8, 4) is 5.75 Å². The number of amides is 1. The summed E-state index contributed by atoms with van der Waals surface area (Å²) in [7, 11) is 1.41. The molecule has 0 aliphatic carbocycles. The molecule has 0 aliphatic heterocycles. The molecule has 18 heavy (non-hydrogen) atoms. The number of hydrogen-bond acceptors (Lipinski definition) is 3. The van der Waals surface area contributed by atoms with Crippen LogP contribution in [0.4, 0.5) is 10.1 Å². The van der Waals surface area contributed by atoms with Gasteiger partial charge < -0.3 is 15.4 Å². The minimum atomic E-state index is -0.402. The molecule has 0 saturated heterocycles. The summed E-state index contributed by atoms with van der Waals surface area (Å²) in [6, 6.07) is 4.65. The molecule has 4 nitrogen and oxygen atoms in total. The molecule has 1 rings (SSSR count). The molecule has 0 unspecified atom stereocenters. The van der Waals surface area contributed by atoms with Gasteiger partial charge in [0.05, 0.1) is 7.11 Å². The van der Waals surface area contributed by atoms with Crippen LogP contribution in [0.25, 0.3) is 0 Å². The van der Waals surface area contributed by atoms with Crippen LogP contribution in [0.2, 0.25) is 0 Å². The van der Waals surface area contributed by atoms with Crippen LogP contribution in [0.5, 0.6) is 5.75 Å². The molecule has 0 spiro atoms. The van der Waals surface area contributed by atoms with Gasteiger partial charge in [-0.2, -0.15) is 0 Å². The molecule has 0 aliphatic rings. The van der Waals surface area contributed by atoms with Gasteiger partial charge in [0, 0.05) is 30.8 Å². The number of anilines is 1. The predicted octanol–water partition coefficient (Wildman–Crippen LogP) is 2.16. The zero-order valence-electron chi connectivity index (χ0n) is 10.9. The van der Waals surface area contributed by atoms with Crippen molar-refractivity contribution in [2.24, 2.45) is 0 Å². The fraction of sp³-hybridized carbons (Fsp3) is 0.462. The summed E-state index contributed by atoms with van der Waals surface area (Å²) in [6.07, 6.45) is 0.373. The summed E-state index contributed by atoms with van der Waals surface area (Å²) in [6.45, 7) is 4.32. The Balaban J connectivity index is 2.42. The first-order chi connectivity index (χ1) is 8.52. The molecule has 1 aromatic rings. The second kappa shape index (κ2) is 6.83. The summed E-state index contributed by atoms with van der Waals surface area (Å²) < 4.78 is 18.0. The van der Waals surface area contributed by atoms with E-state index in [1.54, 1.807) is 12.1 Å². The lowest BCUT2D eigenvalue weighted by molar-refractivity contribution is -0.121. The van der Waals surface area contributed by atoms with Crippen LogP contribution in [0.15, 0.2) is 18.2 Å². The van der Waals surface area contributed by atoms with E-state index in [0.717, 1.165) is 5.69 Å². The molecule has 0 bridgehead atoms. The Kier molecular flexibility index (Phi) is 5.42. The van der Waals surface area contributed by atoms with Crippen LogP contribution in [-0.4, -0.2) is 25.6 Å². The van der Waals surface area contributed by atoms with Gasteiger partial charge in [0.15, 0.2) is 11.6 Å². The first-order valence-electron chi connectivity index (χ1n) is 5.89. The number of ether oxygens (including phenoxy) is 1. The molecular formula is C13H19FN2O2. The standard InChI is InChI=1S/C13H19FN2O2/c1-9(2)16-13(17)6-7-15-10-4-5-11(14)12(8-10)18-3/h4-5,8-9,15H,6-7H2,1-3H3,(H,16,17). The van der Waals surface area contributed by atoms with E-state index < -0.39 is 5.82 Å². The Morgan fingerprint density at radius 2 is 2.17 bits per heavy atom. The Bertz CT molecular complexity index is 408. The Morgan fingerprint density at radius 3 is 2.78 bits per heavy atom. The molecule has 0 radical (unpaired) electrons. The maximum absolute atomic E-state index is 13.1. The summed E-state index contributed by atoms with van der Waals surface area (Å²) in [4.78, 5) is 11.4. The lowest BCUT2D eigenvalue weighted by atomic mass is 10.2. The fourth-order valence-corrected chi connectivity index (χ4v) is 1.48. The van der Waals surface area contributed by atoms with Gasteiger partial charge in [-0.25, -0.2) is 4.39 Å². The van der Waals surface area contributed by atoms with Crippen LogP contribution < -0.4 is 15.4 Å². The molecule has 0 heterocycles. The highest BCUT2D eigenvalue weighted by Crippen LogP contribution is 2.21. The van der Waals surface area contributed by atoms with Gasteiger partial charge in [0.25, 0.3) is 0 Å². The molecule has 1 aromatic carbocycles. The minimum absolute atomic E-state index is 0.00780. The SMILES string of the molecule is COc1cc(NCCC(=O)NC(C)C)ccc1F. The average Bonchev–Trinajstić information content (AvgIpc) is 2.30. The smallest absolute Gasteiger partial charge is 0.221 e. The highest BCUT2D eigenvalue weighted by Gasteiger charge is 2.05. The fourth-order valence-electron chi connectivity index (χ4n) is 1.48. The number of methoxy groups -OCH3 is 1. The van der Waals surface area contributed by atoms with E-state index >= 15 is 0 Å². The van der Waals surface area contributed by atoms with Crippen LogP contribution in [-0.2, 0) is 4.79 Å². The highest BCUT2D eigenvalue weighted by atomic mass is 19.1. The van der Waals surface area contributed by atoms with Crippen LogP contribution in [0.1, 0.15) is 20.3 Å². The summed E-state index contributed by atoms with van der Waals surface area (Å²) in [5, 5.41) is 5.84. The topological polar surface area (TPSA) is 50.4 Å². The number of carbonyl (C=O) groups excluding carboxylic acids is 1. The number of nitrogens with one attached hydrogen (secondary N) is 2. The normalized spacial score (nSPS) is 10.3. The number of hydrogen-bond donors (Lipinski definition) is 2. The maximum atomic E-state index is 13.1. The van der Waals surface area contributed by atoms with Gasteiger partial charge in [-0.05, 0) is 26.0 Å². The second-order valence-electron chi connectivity index (χ2n) is 4.25. The second-order valence-corrected chi connectivity index (χ2v) is 4.25. The van der Waals surface area contributed by atoms with E-state index in [4.69, 9.17) is 4.74 Å². The molecule has 1 amide bonds. The third-order valence-electron chi connectivity index (χ3n) is 2.28. The van der Waals surface area contributed by atoms with Crippen molar-refractivity contribution in [3.63, 3.8) is 0 Å². The molecule has 0 fully saturated rings. The van der Waals surface area contributed by atoms with E-state index in [2.05, 4.69) is 10.6 Å². The highest BCUT2D eigenvalue weighted by molar-refractivity contribution is 5.76. The third kappa shape index (κ3) is 4.61. The van der Waals surface area contributed by atoms with E-state index in [9.17, 15) is 9.18 Å². The van der Waals surface area contributed by atoms with Gasteiger partial charge in [0.2, 0.25) is 5.91 Å². The lowest BCUT2D eigenvalue weighted by Gasteiger charge is -2.10. The molecule has 0 aromatic heterocycles. The lowest BCUT2D eigenvalue weighted by Crippen LogP contribution is -2.31. The first kappa shape index (κ1) is 14.3. The van der Waals surface area contributed by atoms with E-state index in [1.807, 2.05) is 13.8 Å². The van der Waals surface area contributed by atoms with Gasteiger partial charge in [-0.15, -0.1) is 0 Å². The first-order valence-corrected chi connectivity index (χ1v) is 5.89. The Morgan fingerprint density at radius 1 is 1.44 bits per heavy atom. The summed E-state index contributed by atoms with van der Waals surface area (Å²) in [5.41, 5.74) is 0.727. The van der Waals surface area contributed by atoms with Crippen molar-refractivity contribution in [2.75, 3.05) is 19.0 Å². The number of benzene rings is 1. The Labute approximate surface area is 107 Å². The third-order valence-corrected chi connectivity index (χ3v) is 2.28. The van der Waals surface area contributed by atoms with Crippen LogP contribution in [0.3, 0.4) is 0 Å². The van der Waals surface area contributed by atoms with Crippen molar-refractivity contribution in [3.05, 3.63) is 24.0 Å². The number of rotatable bonds is 6. The monoisotopic (exact) mass is 254 g/mol. The molecule has 0 atom stereocenters. The largest absolute Gasteiger partial charge is 0.494 e. The zero-order chi connectivity index (χ0) is 13.5. The van der Waals surface area contributed by atoms with Gasteiger partial charge in [-0.1, -0.05) is 0 Å². The van der Waals surface area contributed by atoms with E-state index in [0.29, 0.717) is 13.0 Å². The van der Waals surface area contributed by atoms with Crippen LogP contribution >= 0.6 is 0 Å². The summed E-state index contributed by atoms with van der Waals surface area (Å²) >= 11 is 0. The van der Waals surface area contributed by atoms with Crippen LogP contribution in [0, 0.1) is 5.82 Å². The summed E-state index contributed by atoms with van der Waals surface area (Å²) in [5.74, 6) is -0.223. The Hall–Kier alpha value is -1.78. The average molecular weight is 254 g/mol. The molecular weight excluding hydrogens is 235 g/mol. The van der Waals surface area contributed by atoms with E-state index in [-0.39, 0.29) is 17.7 Å². The van der Waals surface area contributed by atoms with Crippen molar-refractivity contribution >= 4 is 11.6 Å². The van der Waals surface area contributed by atoms with Crippen molar-refractivity contribution in [1.29, 1.82) is 0 Å². The molecule has 100 valence electrons. The van der Waals surface area contributed by atoms with Crippen molar-refractivity contribution in [2.45, 2.75) is 26.3 Å². The van der Waals surface area contributed by atoms with Crippen molar-refractivity contribution in [1.82, 2.24) is 5.32 Å². The molecule has 5 heteroatoms.